The zero-order chi connectivity index (χ0) is 21.1. The van der Waals surface area contributed by atoms with Gasteiger partial charge in [-0.2, -0.15) is 0 Å². The molecule has 0 spiro atoms. The number of carbonyl (C=O) groups is 2. The summed E-state index contributed by atoms with van der Waals surface area (Å²) in [6, 6.07) is 13.6. The number of carbonyl (C=O) groups excluding carboxylic acids is 2. The zero-order valence-corrected chi connectivity index (χ0v) is 17.8. The van der Waals surface area contributed by atoms with Crippen LogP contribution in [0.15, 0.2) is 48.5 Å². The molecule has 2 saturated carbocycles. The molecule has 2 aliphatic carbocycles. The van der Waals surface area contributed by atoms with Gasteiger partial charge in [0.2, 0.25) is 0 Å². The van der Waals surface area contributed by atoms with Crippen LogP contribution in [-0.2, 0) is 4.79 Å². The molecule has 1 amide bonds. The molecule has 2 aromatic rings. The third kappa shape index (κ3) is 5.87. The number of hydrogen-bond donors (Lipinski definition) is 1. The van der Waals surface area contributed by atoms with E-state index in [1.165, 1.54) is 19.8 Å². The molecule has 5 nitrogen and oxygen atoms in total. The van der Waals surface area contributed by atoms with Crippen molar-refractivity contribution in [2.75, 3.05) is 13.2 Å². The summed E-state index contributed by atoms with van der Waals surface area (Å²) in [5.41, 5.74) is 0.909. The number of ketones is 1. The number of rotatable bonds is 6. The lowest BCUT2D eigenvalue weighted by atomic mass is 10.2. The number of amides is 1. The topological polar surface area (TPSA) is 64.6 Å². The molecule has 29 heavy (non-hydrogen) atoms. The maximum absolute atomic E-state index is 11.5. The summed E-state index contributed by atoms with van der Waals surface area (Å²) in [4.78, 5) is 22.1. The highest BCUT2D eigenvalue weighted by Crippen LogP contribution is 2.85. The molecule has 0 radical (unpaired) electrons. The Balaban J connectivity index is 0.000000177. The standard InChI is InChI=1S/C13H14ClNO2.C9H9ClO2/c1-12-6-13(12,7-12)8-15-11(16)17-10-4-2-9(14)3-5-10;1-7(11)6-12-9-4-2-8(10)3-5-9/h2-5H,6-8H2,1H3,(H,15,16);2-5H,6H2,1H3. The summed E-state index contributed by atoms with van der Waals surface area (Å²) in [6.45, 7) is 4.59. The van der Waals surface area contributed by atoms with E-state index >= 15 is 0 Å². The lowest BCUT2D eigenvalue weighted by Crippen LogP contribution is -2.30. The largest absolute Gasteiger partial charge is 0.486 e. The normalized spacial score (nSPS) is 23.0. The first-order valence-corrected chi connectivity index (χ1v) is 10.1. The van der Waals surface area contributed by atoms with E-state index in [4.69, 9.17) is 32.7 Å². The second kappa shape index (κ2) is 8.64. The van der Waals surface area contributed by atoms with Gasteiger partial charge in [0.15, 0.2) is 5.78 Å². The van der Waals surface area contributed by atoms with E-state index in [0.29, 0.717) is 32.4 Å². The SMILES string of the molecule is CC(=O)COc1ccc(Cl)cc1.CC12CC1(CNC(=O)Oc1ccc(Cl)cc1)C2. The van der Waals surface area contributed by atoms with Crippen LogP contribution in [0.4, 0.5) is 4.79 Å². The van der Waals surface area contributed by atoms with Gasteiger partial charge in [-0.3, -0.25) is 4.79 Å². The smallest absolute Gasteiger partial charge is 0.412 e. The quantitative estimate of drug-likeness (QED) is 0.646. The summed E-state index contributed by atoms with van der Waals surface area (Å²) in [7, 11) is 0. The maximum Gasteiger partial charge on any atom is 0.412 e. The van der Waals surface area contributed by atoms with Crippen molar-refractivity contribution in [2.45, 2.75) is 26.7 Å². The minimum atomic E-state index is -0.386. The Labute approximate surface area is 180 Å². The van der Waals surface area contributed by atoms with Gasteiger partial charge in [-0.15, -0.1) is 0 Å². The van der Waals surface area contributed by atoms with Crippen LogP contribution in [0.2, 0.25) is 10.0 Å². The maximum atomic E-state index is 11.5. The molecule has 154 valence electrons. The molecule has 1 N–H and O–H groups in total. The minimum Gasteiger partial charge on any atom is -0.486 e. The molecule has 7 heteroatoms. The molecular formula is C22H23Cl2NO4. The number of hydrogen-bond acceptors (Lipinski definition) is 4. The Morgan fingerprint density at radius 3 is 1.90 bits per heavy atom. The average molecular weight is 436 g/mol. The monoisotopic (exact) mass is 435 g/mol. The van der Waals surface area contributed by atoms with Gasteiger partial charge in [-0.05, 0) is 79.1 Å². The Bertz CT molecular complexity index is 875. The predicted molar refractivity (Wildman–Crippen MR) is 113 cm³/mol. The number of benzene rings is 2. The molecule has 0 atom stereocenters. The van der Waals surface area contributed by atoms with Crippen LogP contribution in [0.1, 0.15) is 26.7 Å². The van der Waals surface area contributed by atoms with Crippen LogP contribution in [-0.4, -0.2) is 25.0 Å². The lowest BCUT2D eigenvalue weighted by molar-refractivity contribution is -0.118. The van der Waals surface area contributed by atoms with E-state index in [1.54, 1.807) is 48.5 Å². The third-order valence-corrected chi connectivity index (χ3v) is 5.84. The molecule has 0 aliphatic heterocycles. The van der Waals surface area contributed by atoms with Gasteiger partial charge in [0.25, 0.3) is 0 Å². The van der Waals surface area contributed by atoms with Crippen molar-refractivity contribution in [1.29, 1.82) is 0 Å². The zero-order valence-electron chi connectivity index (χ0n) is 16.3. The van der Waals surface area contributed by atoms with Crippen LogP contribution >= 0.6 is 23.2 Å². The Morgan fingerprint density at radius 1 is 0.966 bits per heavy atom. The van der Waals surface area contributed by atoms with Crippen molar-refractivity contribution in [3.63, 3.8) is 0 Å². The Kier molecular flexibility index (Phi) is 6.39. The fraction of sp³-hybridized carbons (Fsp3) is 0.364. The highest BCUT2D eigenvalue weighted by molar-refractivity contribution is 6.30. The molecule has 2 fully saturated rings. The van der Waals surface area contributed by atoms with Gasteiger partial charge in [0.1, 0.15) is 18.1 Å². The second-order valence-electron chi connectivity index (χ2n) is 7.84. The van der Waals surface area contributed by atoms with Gasteiger partial charge in [0.05, 0.1) is 0 Å². The Hall–Kier alpha value is -2.24. The van der Waals surface area contributed by atoms with Crippen molar-refractivity contribution in [3.8, 4) is 11.5 Å². The van der Waals surface area contributed by atoms with Crippen LogP contribution < -0.4 is 14.8 Å². The minimum absolute atomic E-state index is 0.00458. The number of nitrogens with one attached hydrogen (secondary N) is 1. The van der Waals surface area contributed by atoms with E-state index in [1.807, 2.05) is 0 Å². The first-order valence-electron chi connectivity index (χ1n) is 9.30. The van der Waals surface area contributed by atoms with Crippen LogP contribution in [0.3, 0.4) is 0 Å². The number of halogens is 2. The first kappa shape index (κ1) is 21.5. The van der Waals surface area contributed by atoms with Crippen LogP contribution in [0.5, 0.6) is 11.5 Å². The molecule has 0 aromatic heterocycles. The van der Waals surface area contributed by atoms with Gasteiger partial charge in [-0.1, -0.05) is 30.1 Å². The van der Waals surface area contributed by atoms with Gasteiger partial charge < -0.3 is 14.8 Å². The third-order valence-electron chi connectivity index (χ3n) is 5.34. The molecule has 2 aliphatic rings. The van der Waals surface area contributed by atoms with E-state index in [9.17, 15) is 9.59 Å². The van der Waals surface area contributed by atoms with Crippen molar-refractivity contribution in [2.24, 2.45) is 10.8 Å². The lowest BCUT2D eigenvalue weighted by Gasteiger charge is -2.07. The van der Waals surface area contributed by atoms with E-state index in [2.05, 4.69) is 12.2 Å². The summed E-state index contributed by atoms with van der Waals surface area (Å²) in [5, 5.41) is 4.11. The molecule has 0 heterocycles. The molecule has 0 bridgehead atoms. The van der Waals surface area contributed by atoms with Crippen molar-refractivity contribution in [1.82, 2.24) is 5.32 Å². The summed E-state index contributed by atoms with van der Waals surface area (Å²) in [6.07, 6.45) is 2.09. The highest BCUT2D eigenvalue weighted by Gasteiger charge is 2.79. The van der Waals surface area contributed by atoms with Crippen LogP contribution in [0, 0.1) is 10.8 Å². The molecular weight excluding hydrogens is 413 g/mol. The fourth-order valence-electron chi connectivity index (χ4n) is 3.29. The second-order valence-corrected chi connectivity index (χ2v) is 8.71. The van der Waals surface area contributed by atoms with Gasteiger partial charge in [0, 0.05) is 16.6 Å². The fourth-order valence-corrected chi connectivity index (χ4v) is 3.55. The van der Waals surface area contributed by atoms with Crippen LogP contribution in [0.25, 0.3) is 0 Å². The average Bonchev–Trinajstić information content (AvgIpc) is 3.46. The Morgan fingerprint density at radius 2 is 1.45 bits per heavy atom. The van der Waals surface area contributed by atoms with Crippen molar-refractivity contribution < 1.29 is 19.1 Å². The van der Waals surface area contributed by atoms with E-state index in [-0.39, 0.29) is 18.5 Å². The van der Waals surface area contributed by atoms with Gasteiger partial charge >= 0.3 is 6.09 Å². The summed E-state index contributed by atoms with van der Waals surface area (Å²) in [5.74, 6) is 1.18. The molecule has 4 rings (SSSR count). The number of ether oxygens (including phenoxy) is 2. The van der Waals surface area contributed by atoms with E-state index in [0.717, 1.165) is 6.54 Å². The van der Waals surface area contributed by atoms with Crippen molar-refractivity contribution in [3.05, 3.63) is 58.6 Å². The first-order chi connectivity index (χ1) is 13.7. The summed E-state index contributed by atoms with van der Waals surface area (Å²) < 4.78 is 10.2. The number of fused-ring (bicyclic) bond motifs is 1. The molecule has 2 aromatic carbocycles. The summed E-state index contributed by atoms with van der Waals surface area (Å²) >= 11 is 11.4. The van der Waals surface area contributed by atoms with Gasteiger partial charge in [-0.25, -0.2) is 4.79 Å². The predicted octanol–water partition coefficient (Wildman–Crippen LogP) is 5.54. The molecule has 0 saturated heterocycles. The van der Waals surface area contributed by atoms with Crippen molar-refractivity contribution >= 4 is 35.1 Å². The number of Topliss-reactive ketones (excluding diaryl/α,β-unsaturated/α-hetero) is 1. The molecule has 0 unspecified atom stereocenters. The highest BCUT2D eigenvalue weighted by atomic mass is 35.5. The van der Waals surface area contributed by atoms with E-state index < -0.39 is 0 Å².